The van der Waals surface area contributed by atoms with Crippen LogP contribution in [0.1, 0.15) is 37.3 Å². The number of urea groups is 1. The van der Waals surface area contributed by atoms with Crippen molar-refractivity contribution in [2.45, 2.75) is 31.7 Å². The van der Waals surface area contributed by atoms with Gasteiger partial charge in [-0.1, -0.05) is 18.2 Å². The van der Waals surface area contributed by atoms with E-state index >= 15 is 0 Å². The third-order valence-electron chi connectivity index (χ3n) is 6.49. The summed E-state index contributed by atoms with van der Waals surface area (Å²) in [5.74, 6) is 1.66. The maximum atomic E-state index is 13.4. The minimum Gasteiger partial charge on any atom is -0.497 e. The van der Waals surface area contributed by atoms with Gasteiger partial charge in [0.05, 0.1) is 20.3 Å². The number of piperidine rings is 1. The Kier molecular flexibility index (Phi) is 6.83. The van der Waals surface area contributed by atoms with Crippen LogP contribution in [0.3, 0.4) is 0 Å². The van der Waals surface area contributed by atoms with Gasteiger partial charge < -0.3 is 24.6 Å². The van der Waals surface area contributed by atoms with Crippen molar-refractivity contribution in [3.8, 4) is 11.5 Å². The number of ether oxygens (including phenoxy) is 2. The van der Waals surface area contributed by atoms with Gasteiger partial charge in [-0.05, 0) is 56.0 Å². The second-order valence-corrected chi connectivity index (χ2v) is 8.36. The van der Waals surface area contributed by atoms with Crippen molar-refractivity contribution in [3.63, 3.8) is 0 Å². The number of nitrogens with one attached hydrogen (secondary N) is 1. The summed E-state index contributed by atoms with van der Waals surface area (Å²) in [4.78, 5) is 29.8. The molecular weight excluding hydrogens is 406 g/mol. The zero-order valence-corrected chi connectivity index (χ0v) is 18.8. The zero-order valence-electron chi connectivity index (χ0n) is 18.8. The van der Waals surface area contributed by atoms with Crippen LogP contribution < -0.4 is 14.8 Å². The Bertz CT molecular complexity index is 941. The second kappa shape index (κ2) is 9.94. The molecule has 0 bridgehead atoms. The third-order valence-corrected chi connectivity index (χ3v) is 6.49. The number of methoxy groups -OCH3 is 2. The topological polar surface area (TPSA) is 71.1 Å². The van der Waals surface area contributed by atoms with E-state index in [0.29, 0.717) is 25.9 Å². The highest BCUT2D eigenvalue weighted by Crippen LogP contribution is 2.40. The van der Waals surface area contributed by atoms with Gasteiger partial charge in [-0.3, -0.25) is 4.79 Å². The Morgan fingerprint density at radius 2 is 1.69 bits per heavy atom. The van der Waals surface area contributed by atoms with E-state index in [0.717, 1.165) is 42.1 Å². The summed E-state index contributed by atoms with van der Waals surface area (Å²) < 4.78 is 11.0. The first-order valence-electron chi connectivity index (χ1n) is 11.2. The van der Waals surface area contributed by atoms with Crippen molar-refractivity contribution in [1.82, 2.24) is 9.80 Å². The lowest BCUT2D eigenvalue weighted by Crippen LogP contribution is -2.45. The average molecular weight is 438 g/mol. The molecule has 1 atom stereocenters. The number of carbonyl (C=O) groups excluding carboxylic acids is 2. The fourth-order valence-electron chi connectivity index (χ4n) is 4.74. The minimum absolute atomic E-state index is 0.00745. The van der Waals surface area contributed by atoms with Crippen molar-refractivity contribution in [2.24, 2.45) is 5.92 Å². The molecule has 2 fully saturated rings. The molecule has 32 heavy (non-hydrogen) atoms. The van der Waals surface area contributed by atoms with E-state index in [-0.39, 0.29) is 23.9 Å². The monoisotopic (exact) mass is 437 g/mol. The predicted octanol–water partition coefficient (Wildman–Crippen LogP) is 4.31. The largest absolute Gasteiger partial charge is 0.497 e. The van der Waals surface area contributed by atoms with Crippen LogP contribution in [0, 0.1) is 5.92 Å². The molecule has 170 valence electrons. The van der Waals surface area contributed by atoms with Gasteiger partial charge in [0.2, 0.25) is 5.91 Å². The Labute approximate surface area is 189 Å². The molecule has 2 heterocycles. The molecule has 0 spiro atoms. The van der Waals surface area contributed by atoms with E-state index in [1.807, 2.05) is 53.4 Å². The summed E-state index contributed by atoms with van der Waals surface area (Å²) >= 11 is 0. The van der Waals surface area contributed by atoms with Crippen LogP contribution in [-0.2, 0) is 4.79 Å². The highest BCUT2D eigenvalue weighted by Gasteiger charge is 2.37. The highest BCUT2D eigenvalue weighted by atomic mass is 16.5. The molecular formula is C25H31N3O4. The first kappa shape index (κ1) is 22.0. The van der Waals surface area contributed by atoms with Gasteiger partial charge in [0.15, 0.2) is 0 Å². The Morgan fingerprint density at radius 3 is 2.38 bits per heavy atom. The summed E-state index contributed by atoms with van der Waals surface area (Å²) in [7, 11) is 3.30. The average Bonchev–Trinajstić information content (AvgIpc) is 3.33. The number of hydrogen-bond donors (Lipinski definition) is 1. The van der Waals surface area contributed by atoms with Crippen LogP contribution in [0.5, 0.6) is 11.5 Å². The molecule has 7 heteroatoms. The van der Waals surface area contributed by atoms with Gasteiger partial charge in [-0.25, -0.2) is 4.79 Å². The summed E-state index contributed by atoms with van der Waals surface area (Å²) in [6.45, 7) is 1.91. The maximum Gasteiger partial charge on any atom is 0.321 e. The molecule has 2 aromatic carbocycles. The molecule has 3 amide bonds. The van der Waals surface area contributed by atoms with Gasteiger partial charge in [0, 0.05) is 36.8 Å². The number of benzene rings is 2. The van der Waals surface area contributed by atoms with E-state index in [2.05, 4.69) is 5.32 Å². The number of amides is 3. The zero-order chi connectivity index (χ0) is 22.5. The molecule has 0 saturated carbocycles. The van der Waals surface area contributed by atoms with Crippen molar-refractivity contribution in [3.05, 3.63) is 54.1 Å². The molecule has 2 aliphatic heterocycles. The maximum absolute atomic E-state index is 13.4. The summed E-state index contributed by atoms with van der Waals surface area (Å²) in [5.41, 5.74) is 1.78. The SMILES string of the molecule is COc1ccc(OC)c([C@H]2CCCN2C(=O)C2CCN(C(=O)Nc3ccccc3)CC2)c1. The number of carbonyl (C=O) groups is 2. The summed E-state index contributed by atoms with van der Waals surface area (Å²) in [6, 6.07) is 15.1. The van der Waals surface area contributed by atoms with E-state index in [1.165, 1.54) is 0 Å². The molecule has 0 aromatic heterocycles. The minimum atomic E-state index is -0.109. The predicted molar refractivity (Wildman–Crippen MR) is 123 cm³/mol. The number of anilines is 1. The molecule has 2 saturated heterocycles. The number of hydrogen-bond acceptors (Lipinski definition) is 4. The van der Waals surface area contributed by atoms with Crippen LogP contribution >= 0.6 is 0 Å². The summed E-state index contributed by atoms with van der Waals surface area (Å²) in [5, 5.41) is 2.93. The number of likely N-dealkylation sites (tertiary alicyclic amines) is 2. The normalized spacial score (nSPS) is 19.0. The Morgan fingerprint density at radius 1 is 0.938 bits per heavy atom. The second-order valence-electron chi connectivity index (χ2n) is 8.36. The smallest absolute Gasteiger partial charge is 0.321 e. The fraction of sp³-hybridized carbons (Fsp3) is 0.440. The van der Waals surface area contributed by atoms with Gasteiger partial charge >= 0.3 is 6.03 Å². The van der Waals surface area contributed by atoms with Crippen LogP contribution in [0.4, 0.5) is 10.5 Å². The van der Waals surface area contributed by atoms with Gasteiger partial charge in [0.25, 0.3) is 0 Å². The molecule has 0 unspecified atom stereocenters. The highest BCUT2D eigenvalue weighted by molar-refractivity contribution is 5.89. The first-order chi connectivity index (χ1) is 15.6. The molecule has 2 aromatic rings. The molecule has 0 radical (unpaired) electrons. The van der Waals surface area contributed by atoms with E-state index in [4.69, 9.17) is 9.47 Å². The lowest BCUT2D eigenvalue weighted by Gasteiger charge is -2.35. The molecule has 2 aliphatic rings. The van der Waals surface area contributed by atoms with Crippen LogP contribution in [-0.4, -0.2) is 55.6 Å². The fourth-order valence-corrected chi connectivity index (χ4v) is 4.74. The Hall–Kier alpha value is -3.22. The standard InChI is InChI=1S/C25H31N3O4/c1-31-20-10-11-23(32-2)21(17-20)22-9-6-14-28(22)24(29)18-12-15-27(16-13-18)25(30)26-19-7-4-3-5-8-19/h3-5,7-8,10-11,17-18,22H,6,9,12-16H2,1-2H3,(H,26,30)/t22-/m1/s1. The molecule has 0 aliphatic carbocycles. The number of para-hydroxylation sites is 1. The van der Waals surface area contributed by atoms with E-state index < -0.39 is 0 Å². The van der Waals surface area contributed by atoms with E-state index in [1.54, 1.807) is 19.1 Å². The quantitative estimate of drug-likeness (QED) is 0.757. The van der Waals surface area contributed by atoms with Gasteiger partial charge in [-0.15, -0.1) is 0 Å². The van der Waals surface area contributed by atoms with E-state index in [9.17, 15) is 9.59 Å². The lowest BCUT2D eigenvalue weighted by molar-refractivity contribution is -0.137. The van der Waals surface area contributed by atoms with Crippen molar-refractivity contribution in [1.29, 1.82) is 0 Å². The third kappa shape index (κ3) is 4.66. The summed E-state index contributed by atoms with van der Waals surface area (Å²) in [6.07, 6.45) is 3.24. The molecule has 1 N–H and O–H groups in total. The van der Waals surface area contributed by atoms with Gasteiger partial charge in [0.1, 0.15) is 11.5 Å². The van der Waals surface area contributed by atoms with Crippen LogP contribution in [0.2, 0.25) is 0 Å². The van der Waals surface area contributed by atoms with Crippen molar-refractivity contribution >= 4 is 17.6 Å². The molecule has 4 rings (SSSR count). The van der Waals surface area contributed by atoms with Crippen LogP contribution in [0.25, 0.3) is 0 Å². The number of nitrogens with zero attached hydrogens (tertiary/aromatic N) is 2. The first-order valence-corrected chi connectivity index (χ1v) is 11.2. The Balaban J connectivity index is 1.39. The van der Waals surface area contributed by atoms with Gasteiger partial charge in [-0.2, -0.15) is 0 Å². The van der Waals surface area contributed by atoms with Crippen molar-refractivity contribution in [2.75, 3.05) is 39.2 Å². The van der Waals surface area contributed by atoms with Crippen molar-refractivity contribution < 1.29 is 19.1 Å². The molecule has 7 nitrogen and oxygen atoms in total. The number of rotatable bonds is 5. The van der Waals surface area contributed by atoms with Crippen LogP contribution in [0.15, 0.2) is 48.5 Å². The lowest BCUT2D eigenvalue weighted by atomic mass is 9.94.